The Labute approximate surface area is 154 Å². The van der Waals surface area contributed by atoms with Gasteiger partial charge in [0.25, 0.3) is 0 Å². The van der Waals surface area contributed by atoms with E-state index in [1.165, 1.54) is 62.7 Å². The Balaban J connectivity index is 1.48. The van der Waals surface area contributed by atoms with E-state index in [1.807, 2.05) is 0 Å². The highest BCUT2D eigenvalue weighted by Gasteiger charge is 2.31. The lowest BCUT2D eigenvalue weighted by Gasteiger charge is -2.29. The van der Waals surface area contributed by atoms with Gasteiger partial charge in [-0.25, -0.2) is 0 Å². The second-order valence-electron chi connectivity index (χ2n) is 7.94. The average molecular weight is 366 g/mol. The number of halogens is 3. The van der Waals surface area contributed by atoms with E-state index in [4.69, 9.17) is 0 Å². The number of fused-ring (bicyclic) bond motifs is 1. The monoisotopic (exact) mass is 366 g/mol. The summed E-state index contributed by atoms with van der Waals surface area (Å²) in [7, 11) is 0. The molecule has 0 amide bonds. The highest BCUT2D eigenvalue weighted by molar-refractivity contribution is 5.42. The van der Waals surface area contributed by atoms with Crippen molar-refractivity contribution in [3.8, 4) is 5.75 Å². The Kier molecular flexibility index (Phi) is 6.31. The molecule has 0 bridgehead atoms. The van der Waals surface area contributed by atoms with Crippen LogP contribution in [0.5, 0.6) is 5.75 Å². The molecule has 0 aliphatic heterocycles. The van der Waals surface area contributed by atoms with Gasteiger partial charge in [-0.2, -0.15) is 0 Å². The van der Waals surface area contributed by atoms with Crippen LogP contribution in [0.1, 0.15) is 69.4 Å². The minimum absolute atomic E-state index is 0.114. The van der Waals surface area contributed by atoms with Crippen LogP contribution >= 0.6 is 0 Å². The van der Waals surface area contributed by atoms with Crippen molar-refractivity contribution < 1.29 is 17.9 Å². The van der Waals surface area contributed by atoms with Gasteiger partial charge in [-0.05, 0) is 60.8 Å². The van der Waals surface area contributed by atoms with Gasteiger partial charge in [0.05, 0.1) is 0 Å². The minimum atomic E-state index is -4.62. The molecule has 1 aromatic rings. The Morgan fingerprint density at radius 1 is 1.00 bits per heavy atom. The molecule has 1 fully saturated rings. The molecule has 2 aliphatic rings. The highest BCUT2D eigenvalue weighted by atomic mass is 19.4. The fourth-order valence-electron chi connectivity index (χ4n) is 4.53. The number of allylic oxidation sites excluding steroid dienone is 2. The summed E-state index contributed by atoms with van der Waals surface area (Å²) in [5, 5.41) is 0. The predicted octanol–water partition coefficient (Wildman–Crippen LogP) is 7.00. The zero-order valence-corrected chi connectivity index (χ0v) is 15.6. The van der Waals surface area contributed by atoms with E-state index in [1.54, 1.807) is 6.07 Å². The lowest BCUT2D eigenvalue weighted by Crippen LogP contribution is -2.17. The first-order chi connectivity index (χ1) is 12.4. The van der Waals surface area contributed by atoms with Crippen molar-refractivity contribution in [2.45, 2.75) is 77.5 Å². The summed E-state index contributed by atoms with van der Waals surface area (Å²) < 4.78 is 41.1. The maximum absolute atomic E-state index is 12.3. The molecule has 144 valence electrons. The van der Waals surface area contributed by atoms with Crippen molar-refractivity contribution in [2.75, 3.05) is 0 Å². The molecular formula is C22H29F3O. The molecule has 2 aliphatic carbocycles. The molecule has 26 heavy (non-hydrogen) atoms. The van der Waals surface area contributed by atoms with Crippen molar-refractivity contribution in [3.05, 3.63) is 41.0 Å². The van der Waals surface area contributed by atoms with Gasteiger partial charge in [0.1, 0.15) is 5.75 Å². The number of hydrogen-bond donors (Lipinski definition) is 0. The topological polar surface area (TPSA) is 9.23 Å². The van der Waals surface area contributed by atoms with Crippen LogP contribution in [-0.4, -0.2) is 6.36 Å². The van der Waals surface area contributed by atoms with E-state index < -0.39 is 6.36 Å². The van der Waals surface area contributed by atoms with Crippen LogP contribution in [0.25, 0.3) is 0 Å². The molecule has 1 aromatic carbocycles. The summed E-state index contributed by atoms with van der Waals surface area (Å²) in [5.41, 5.74) is 3.54. The normalized spacial score (nSPS) is 23.3. The Hall–Kier alpha value is -1.45. The second kappa shape index (κ2) is 8.49. The summed E-state index contributed by atoms with van der Waals surface area (Å²) in [6.07, 6.45) is 9.76. The summed E-state index contributed by atoms with van der Waals surface area (Å²) in [6.45, 7) is 2.28. The highest BCUT2D eigenvalue weighted by Crippen LogP contribution is 2.36. The first-order valence-electron chi connectivity index (χ1n) is 9.98. The van der Waals surface area contributed by atoms with Gasteiger partial charge >= 0.3 is 6.36 Å². The molecule has 4 heteroatoms. The van der Waals surface area contributed by atoms with E-state index in [2.05, 4.69) is 17.7 Å². The molecule has 0 atom stereocenters. The third-order valence-electron chi connectivity index (χ3n) is 5.98. The molecule has 0 radical (unpaired) electrons. The minimum Gasteiger partial charge on any atom is -0.406 e. The first-order valence-corrected chi connectivity index (χ1v) is 9.98. The van der Waals surface area contributed by atoms with Crippen LogP contribution in [0.15, 0.2) is 29.8 Å². The largest absolute Gasteiger partial charge is 0.573 e. The average Bonchev–Trinajstić information content (AvgIpc) is 2.60. The van der Waals surface area contributed by atoms with Crippen molar-refractivity contribution >= 4 is 0 Å². The molecule has 1 saturated carbocycles. The number of rotatable bonds is 6. The predicted molar refractivity (Wildman–Crippen MR) is 98.2 cm³/mol. The Bertz CT molecular complexity index is 625. The smallest absolute Gasteiger partial charge is 0.406 e. The molecule has 0 heterocycles. The van der Waals surface area contributed by atoms with Gasteiger partial charge in [-0.3, -0.25) is 0 Å². The fourth-order valence-corrected chi connectivity index (χ4v) is 4.53. The SMILES string of the molecule is CCCC1CCC(CCC2=CCc3cc(OC(F)(F)F)ccc3C2)CC1. The van der Waals surface area contributed by atoms with Gasteiger partial charge in [-0.15, -0.1) is 13.2 Å². The van der Waals surface area contributed by atoms with Crippen LogP contribution in [0.4, 0.5) is 13.2 Å². The van der Waals surface area contributed by atoms with Gasteiger partial charge in [0, 0.05) is 0 Å². The van der Waals surface area contributed by atoms with Gasteiger partial charge in [0.15, 0.2) is 0 Å². The molecule has 1 nitrogen and oxygen atoms in total. The quantitative estimate of drug-likeness (QED) is 0.493. The van der Waals surface area contributed by atoms with E-state index in [9.17, 15) is 13.2 Å². The van der Waals surface area contributed by atoms with Crippen LogP contribution < -0.4 is 4.74 Å². The van der Waals surface area contributed by atoms with Crippen LogP contribution in [0, 0.1) is 11.8 Å². The molecule has 0 N–H and O–H groups in total. The molecule has 0 spiro atoms. The van der Waals surface area contributed by atoms with E-state index in [0.717, 1.165) is 35.8 Å². The summed E-state index contributed by atoms with van der Waals surface area (Å²) in [5.74, 6) is 1.69. The summed E-state index contributed by atoms with van der Waals surface area (Å²) >= 11 is 0. The van der Waals surface area contributed by atoms with Crippen molar-refractivity contribution in [2.24, 2.45) is 11.8 Å². The lowest BCUT2D eigenvalue weighted by molar-refractivity contribution is -0.274. The Morgan fingerprint density at radius 3 is 2.35 bits per heavy atom. The molecule has 0 aromatic heterocycles. The van der Waals surface area contributed by atoms with Crippen LogP contribution in [0.3, 0.4) is 0 Å². The molecule has 0 saturated heterocycles. The number of hydrogen-bond acceptors (Lipinski definition) is 1. The van der Waals surface area contributed by atoms with Gasteiger partial charge in [-0.1, -0.05) is 63.2 Å². The maximum Gasteiger partial charge on any atom is 0.573 e. The number of benzene rings is 1. The molecular weight excluding hydrogens is 337 g/mol. The summed E-state index contributed by atoms with van der Waals surface area (Å²) in [6, 6.07) is 4.76. The van der Waals surface area contributed by atoms with Crippen LogP contribution in [-0.2, 0) is 12.8 Å². The lowest BCUT2D eigenvalue weighted by atomic mass is 9.77. The van der Waals surface area contributed by atoms with Crippen LogP contribution in [0.2, 0.25) is 0 Å². The molecule has 0 unspecified atom stereocenters. The van der Waals surface area contributed by atoms with Crippen molar-refractivity contribution in [1.82, 2.24) is 0 Å². The number of alkyl halides is 3. The third kappa shape index (κ3) is 5.52. The standard InChI is InChI=1S/C22H29F3O/c1-2-3-16-4-6-17(7-5-16)8-9-18-10-11-20-15-21(26-22(23,24)25)13-12-19(20)14-18/h10,12-13,15-17H,2-9,11,14H2,1H3. The zero-order chi connectivity index (χ0) is 18.6. The number of ether oxygens (including phenoxy) is 1. The summed E-state index contributed by atoms with van der Waals surface area (Å²) in [4.78, 5) is 0. The van der Waals surface area contributed by atoms with Crippen molar-refractivity contribution in [1.29, 1.82) is 0 Å². The van der Waals surface area contributed by atoms with E-state index in [0.29, 0.717) is 6.42 Å². The zero-order valence-electron chi connectivity index (χ0n) is 15.6. The second-order valence-corrected chi connectivity index (χ2v) is 7.94. The molecule has 3 rings (SSSR count). The third-order valence-corrected chi connectivity index (χ3v) is 5.98. The first kappa shape index (κ1) is 19.3. The van der Waals surface area contributed by atoms with E-state index in [-0.39, 0.29) is 5.75 Å². The maximum atomic E-state index is 12.3. The Morgan fingerprint density at radius 2 is 1.69 bits per heavy atom. The van der Waals surface area contributed by atoms with Crippen molar-refractivity contribution in [3.63, 3.8) is 0 Å². The van der Waals surface area contributed by atoms with Gasteiger partial charge < -0.3 is 4.74 Å². The van der Waals surface area contributed by atoms with Gasteiger partial charge in [0.2, 0.25) is 0 Å². The van der Waals surface area contributed by atoms with E-state index >= 15 is 0 Å². The fraction of sp³-hybridized carbons (Fsp3) is 0.636.